The van der Waals surface area contributed by atoms with Crippen LogP contribution in [-0.4, -0.2) is 28.0 Å². The molecule has 4 rings (SSSR count). The molecule has 3 heterocycles. The average Bonchev–Trinajstić information content (AvgIpc) is 3.27. The summed E-state index contributed by atoms with van der Waals surface area (Å²) in [5, 5.41) is 15.4. The van der Waals surface area contributed by atoms with Gasteiger partial charge in [-0.2, -0.15) is 5.26 Å². The van der Waals surface area contributed by atoms with Crippen LogP contribution in [0.25, 0.3) is 11.1 Å². The van der Waals surface area contributed by atoms with Gasteiger partial charge in [-0.1, -0.05) is 5.16 Å². The van der Waals surface area contributed by atoms with Gasteiger partial charge in [0.15, 0.2) is 0 Å². The van der Waals surface area contributed by atoms with E-state index in [9.17, 15) is 4.79 Å². The summed E-state index contributed by atoms with van der Waals surface area (Å²) in [6.07, 6.45) is 2.20. The van der Waals surface area contributed by atoms with Crippen LogP contribution in [0.2, 0.25) is 0 Å². The highest BCUT2D eigenvalue weighted by atomic mass is 32.1. The van der Waals surface area contributed by atoms with Crippen LogP contribution < -0.4 is 0 Å². The first kappa shape index (κ1) is 15.8. The lowest BCUT2D eigenvalue weighted by Gasteiger charge is -2.17. The first-order chi connectivity index (χ1) is 12.1. The monoisotopic (exact) mass is 352 g/mol. The number of pyridine rings is 1. The Bertz CT molecular complexity index is 1010. The Hall–Kier alpha value is -2.72. The molecule has 0 saturated heterocycles. The lowest BCUT2D eigenvalue weighted by molar-refractivity contribution is 0.0788. The standard InChI is InChI=1S/C18H16N4O2S/c1-10-16-14(6-15(12-3-4-12)20-17(16)24-21-10)18(23)22(2)8-13-5-11(7-19)9-25-13/h5-6,9,12H,3-4,8H2,1-2H3. The number of aryl methyl sites for hydroxylation is 1. The number of nitriles is 1. The molecule has 1 fully saturated rings. The Morgan fingerprint density at radius 3 is 2.96 bits per heavy atom. The van der Waals surface area contributed by atoms with Crippen molar-refractivity contribution in [1.29, 1.82) is 5.26 Å². The van der Waals surface area contributed by atoms with Gasteiger partial charge in [0.25, 0.3) is 11.6 Å². The van der Waals surface area contributed by atoms with Crippen molar-refractivity contribution in [2.45, 2.75) is 32.2 Å². The van der Waals surface area contributed by atoms with Gasteiger partial charge in [-0.15, -0.1) is 11.3 Å². The Labute approximate surface area is 148 Å². The summed E-state index contributed by atoms with van der Waals surface area (Å²) in [6.45, 7) is 2.28. The third-order valence-electron chi connectivity index (χ3n) is 4.39. The highest BCUT2D eigenvalue weighted by molar-refractivity contribution is 7.10. The number of carbonyl (C=O) groups is 1. The fourth-order valence-electron chi connectivity index (χ4n) is 2.90. The molecule has 0 atom stereocenters. The predicted octanol–water partition coefficient (Wildman–Crippen LogP) is 3.61. The molecule has 25 heavy (non-hydrogen) atoms. The van der Waals surface area contributed by atoms with Gasteiger partial charge in [-0.25, -0.2) is 4.98 Å². The molecule has 0 N–H and O–H groups in total. The maximum atomic E-state index is 13.1. The number of nitrogens with zero attached hydrogens (tertiary/aromatic N) is 4. The SMILES string of the molecule is Cc1noc2nc(C3CC3)cc(C(=O)N(C)Cc3cc(C#N)cs3)c12. The predicted molar refractivity (Wildman–Crippen MR) is 93.3 cm³/mol. The molecule has 3 aromatic heterocycles. The summed E-state index contributed by atoms with van der Waals surface area (Å²) in [6, 6.07) is 5.82. The molecular weight excluding hydrogens is 336 g/mol. The fourth-order valence-corrected chi connectivity index (χ4v) is 3.77. The molecule has 0 unspecified atom stereocenters. The van der Waals surface area contributed by atoms with E-state index >= 15 is 0 Å². The second-order valence-electron chi connectivity index (χ2n) is 6.39. The molecule has 1 aliphatic carbocycles. The molecular formula is C18H16N4O2S. The van der Waals surface area contributed by atoms with Crippen molar-refractivity contribution in [2.24, 2.45) is 0 Å². The Morgan fingerprint density at radius 1 is 1.48 bits per heavy atom. The Morgan fingerprint density at radius 2 is 2.28 bits per heavy atom. The number of rotatable bonds is 4. The van der Waals surface area contributed by atoms with Gasteiger partial charge in [0.1, 0.15) is 6.07 Å². The van der Waals surface area contributed by atoms with Gasteiger partial charge in [0, 0.05) is 28.9 Å². The minimum absolute atomic E-state index is 0.0903. The van der Waals surface area contributed by atoms with Crippen LogP contribution in [0, 0.1) is 18.3 Å². The number of amides is 1. The molecule has 1 saturated carbocycles. The minimum Gasteiger partial charge on any atom is -0.337 e. The van der Waals surface area contributed by atoms with Crippen molar-refractivity contribution in [3.8, 4) is 6.07 Å². The first-order valence-corrected chi connectivity index (χ1v) is 8.94. The summed E-state index contributed by atoms with van der Waals surface area (Å²) in [5.41, 5.74) is 3.22. The molecule has 7 heteroatoms. The fraction of sp³-hybridized carbons (Fsp3) is 0.333. The normalized spacial score (nSPS) is 13.8. The van der Waals surface area contributed by atoms with Crippen molar-refractivity contribution in [3.05, 3.63) is 44.9 Å². The summed E-state index contributed by atoms with van der Waals surface area (Å²) in [4.78, 5) is 20.2. The zero-order valence-corrected chi connectivity index (χ0v) is 14.8. The van der Waals surface area contributed by atoms with E-state index in [0.29, 0.717) is 40.4 Å². The number of hydrogen-bond acceptors (Lipinski definition) is 6. The third-order valence-corrected chi connectivity index (χ3v) is 5.31. The largest absolute Gasteiger partial charge is 0.337 e. The number of carbonyl (C=O) groups excluding carboxylic acids is 1. The quantitative estimate of drug-likeness (QED) is 0.716. The Balaban J connectivity index is 1.68. The topological polar surface area (TPSA) is 83.0 Å². The summed E-state index contributed by atoms with van der Waals surface area (Å²) in [5.74, 6) is 0.328. The van der Waals surface area contributed by atoms with Crippen molar-refractivity contribution in [2.75, 3.05) is 7.05 Å². The lowest BCUT2D eigenvalue weighted by Crippen LogP contribution is -2.26. The molecule has 3 aromatic rings. The van der Waals surface area contributed by atoms with E-state index in [2.05, 4.69) is 16.2 Å². The molecule has 0 aromatic carbocycles. The lowest BCUT2D eigenvalue weighted by atomic mass is 10.1. The molecule has 0 bridgehead atoms. The van der Waals surface area contributed by atoms with Crippen LogP contribution in [0.4, 0.5) is 0 Å². The van der Waals surface area contributed by atoms with E-state index in [1.54, 1.807) is 17.3 Å². The Kier molecular flexibility index (Phi) is 3.77. The van der Waals surface area contributed by atoms with Crippen LogP contribution in [0.3, 0.4) is 0 Å². The van der Waals surface area contributed by atoms with Crippen molar-refractivity contribution < 1.29 is 9.32 Å². The summed E-state index contributed by atoms with van der Waals surface area (Å²) >= 11 is 1.48. The summed E-state index contributed by atoms with van der Waals surface area (Å²) < 4.78 is 5.31. The van der Waals surface area contributed by atoms with Crippen LogP contribution in [-0.2, 0) is 6.54 Å². The van der Waals surface area contributed by atoms with Gasteiger partial charge in [0.05, 0.1) is 28.8 Å². The van der Waals surface area contributed by atoms with Gasteiger partial charge >= 0.3 is 0 Å². The van der Waals surface area contributed by atoms with Gasteiger partial charge in [-0.05, 0) is 31.9 Å². The first-order valence-electron chi connectivity index (χ1n) is 8.06. The van der Waals surface area contributed by atoms with Crippen LogP contribution in [0.15, 0.2) is 22.0 Å². The third kappa shape index (κ3) is 2.89. The minimum atomic E-state index is -0.0903. The zero-order valence-electron chi connectivity index (χ0n) is 13.9. The zero-order chi connectivity index (χ0) is 17.6. The van der Waals surface area contributed by atoms with E-state index in [1.165, 1.54) is 11.3 Å². The molecule has 6 nitrogen and oxygen atoms in total. The van der Waals surface area contributed by atoms with E-state index in [4.69, 9.17) is 9.78 Å². The van der Waals surface area contributed by atoms with Crippen molar-refractivity contribution in [3.63, 3.8) is 0 Å². The molecule has 0 spiro atoms. The maximum absolute atomic E-state index is 13.1. The van der Waals surface area contributed by atoms with Crippen LogP contribution in [0.5, 0.6) is 0 Å². The highest BCUT2D eigenvalue weighted by Gasteiger charge is 2.29. The molecule has 1 aliphatic rings. The summed E-state index contributed by atoms with van der Waals surface area (Å²) in [7, 11) is 1.76. The molecule has 0 aliphatic heterocycles. The number of hydrogen-bond donors (Lipinski definition) is 0. The van der Waals surface area contributed by atoms with E-state index in [0.717, 1.165) is 23.4 Å². The van der Waals surface area contributed by atoms with Gasteiger partial charge in [0.2, 0.25) is 0 Å². The van der Waals surface area contributed by atoms with E-state index < -0.39 is 0 Å². The van der Waals surface area contributed by atoms with E-state index in [-0.39, 0.29) is 5.91 Å². The average molecular weight is 352 g/mol. The van der Waals surface area contributed by atoms with Crippen LogP contribution in [0.1, 0.15) is 50.9 Å². The number of fused-ring (bicyclic) bond motifs is 1. The van der Waals surface area contributed by atoms with Crippen molar-refractivity contribution >= 4 is 28.3 Å². The van der Waals surface area contributed by atoms with Crippen LogP contribution >= 0.6 is 11.3 Å². The van der Waals surface area contributed by atoms with E-state index in [1.807, 2.05) is 19.1 Å². The second-order valence-corrected chi connectivity index (χ2v) is 7.39. The molecule has 126 valence electrons. The van der Waals surface area contributed by atoms with Crippen molar-refractivity contribution in [1.82, 2.24) is 15.0 Å². The number of thiophene rings is 1. The highest BCUT2D eigenvalue weighted by Crippen LogP contribution is 2.40. The molecule has 1 amide bonds. The van der Waals surface area contributed by atoms with Gasteiger partial charge in [-0.3, -0.25) is 4.79 Å². The van der Waals surface area contributed by atoms with Gasteiger partial charge < -0.3 is 9.42 Å². The maximum Gasteiger partial charge on any atom is 0.259 e. The number of aromatic nitrogens is 2. The smallest absolute Gasteiger partial charge is 0.259 e. The molecule has 0 radical (unpaired) electrons. The second kappa shape index (κ2) is 5.97.